The molecule has 2 aromatic carbocycles. The average molecular weight is 612 g/mol. The third-order valence-corrected chi connectivity index (χ3v) is 9.08. The Morgan fingerprint density at radius 2 is 1.91 bits per heavy atom. The largest absolute Gasteiger partial charge is 0.450 e. The summed E-state index contributed by atoms with van der Waals surface area (Å²) >= 11 is 0. The number of benzene rings is 2. The first-order chi connectivity index (χ1) is 21.2. The summed E-state index contributed by atoms with van der Waals surface area (Å²) in [5, 5.41) is 14.0. The van der Waals surface area contributed by atoms with E-state index < -0.39 is 53.9 Å². The first kappa shape index (κ1) is 30.1. The molecule has 3 aliphatic rings. The molecule has 2 amide bonds. The van der Waals surface area contributed by atoms with E-state index in [0.29, 0.717) is 38.3 Å². The number of hydrogen-bond acceptors (Lipinski definition) is 6. The molecule has 0 spiro atoms. The summed E-state index contributed by atoms with van der Waals surface area (Å²) in [5.74, 6) is -2.25. The minimum atomic E-state index is -1.45. The zero-order valence-corrected chi connectivity index (χ0v) is 24.4. The van der Waals surface area contributed by atoms with Crippen LogP contribution in [0.2, 0.25) is 0 Å². The molecule has 12 heteroatoms. The second-order valence-corrected chi connectivity index (χ2v) is 11.7. The van der Waals surface area contributed by atoms with Crippen LogP contribution in [-0.2, 0) is 16.1 Å². The van der Waals surface area contributed by atoms with E-state index in [2.05, 4.69) is 5.32 Å². The van der Waals surface area contributed by atoms with Crippen molar-refractivity contribution in [1.82, 2.24) is 24.7 Å². The van der Waals surface area contributed by atoms with Crippen LogP contribution in [0.25, 0.3) is 11.3 Å². The lowest BCUT2D eigenvalue weighted by molar-refractivity contribution is -0.154. The van der Waals surface area contributed by atoms with Gasteiger partial charge in [-0.05, 0) is 49.4 Å². The van der Waals surface area contributed by atoms with Gasteiger partial charge in [0.2, 0.25) is 0 Å². The fourth-order valence-electron chi connectivity index (χ4n) is 6.86. The molecule has 1 unspecified atom stereocenters. The lowest BCUT2D eigenvalue weighted by Gasteiger charge is -2.46. The summed E-state index contributed by atoms with van der Waals surface area (Å²) in [5.41, 5.74) is 1.08. The second-order valence-electron chi connectivity index (χ2n) is 11.7. The van der Waals surface area contributed by atoms with Gasteiger partial charge in [0.15, 0.2) is 0 Å². The standard InChI is InChI=1S/C32H36F3N5O4/c1-2-44-32(43)38-12-10-20(11-13-38)28(40-17-23-25(35)15-36-27(23)29(41)31(40)42)30-37-26(22-14-21(33)8-9-24(22)34)18-39(30)16-19-6-4-3-5-7-19/h3-9,14,18,20,23,25,27-29,36,41H,2,10-13,15-17H2,1H3/t23-,25-,27?,28+,29-/m0/s1. The van der Waals surface area contributed by atoms with Crippen LogP contribution in [0.3, 0.4) is 0 Å². The monoisotopic (exact) mass is 611 g/mol. The highest BCUT2D eigenvalue weighted by atomic mass is 19.1. The van der Waals surface area contributed by atoms with Gasteiger partial charge in [0, 0.05) is 56.4 Å². The summed E-state index contributed by atoms with van der Waals surface area (Å²) in [6.45, 7) is 3.15. The molecule has 3 saturated heterocycles. The number of halogens is 3. The molecule has 0 radical (unpaired) electrons. The number of carbonyl (C=O) groups excluding carboxylic acids is 2. The minimum absolute atomic E-state index is 0.0252. The Kier molecular flexibility index (Phi) is 8.64. The van der Waals surface area contributed by atoms with Gasteiger partial charge in [-0.15, -0.1) is 0 Å². The Bertz CT molecular complexity index is 1500. The number of aliphatic hydroxyl groups excluding tert-OH is 1. The fourth-order valence-corrected chi connectivity index (χ4v) is 6.86. The van der Waals surface area contributed by atoms with Gasteiger partial charge in [-0.1, -0.05) is 30.3 Å². The summed E-state index contributed by atoms with van der Waals surface area (Å²) in [4.78, 5) is 34.2. The number of hydrogen-bond donors (Lipinski definition) is 2. The topological polar surface area (TPSA) is 99.9 Å². The van der Waals surface area contributed by atoms with E-state index in [0.717, 1.165) is 23.8 Å². The molecule has 0 aliphatic carbocycles. The van der Waals surface area contributed by atoms with Crippen LogP contribution in [0.4, 0.5) is 18.0 Å². The van der Waals surface area contributed by atoms with Crippen molar-refractivity contribution in [1.29, 1.82) is 0 Å². The maximum Gasteiger partial charge on any atom is 0.409 e. The first-order valence-electron chi connectivity index (χ1n) is 15.1. The SMILES string of the molecule is CCOC(=O)N1CCC([C@H](c2nc(-c3cc(F)ccc3F)cn2Cc2ccccc2)N2C[C@@H]3C(NC[C@@H]3F)[C@H](O)C2=O)CC1. The maximum absolute atomic E-state index is 15.1. The number of likely N-dealkylation sites (tertiary alicyclic amines) is 2. The Morgan fingerprint density at radius 1 is 1.16 bits per heavy atom. The first-order valence-corrected chi connectivity index (χ1v) is 15.1. The highest BCUT2D eigenvalue weighted by Crippen LogP contribution is 2.41. The molecule has 9 nitrogen and oxygen atoms in total. The number of rotatable bonds is 7. The van der Waals surface area contributed by atoms with Crippen LogP contribution < -0.4 is 5.32 Å². The molecular formula is C32H36F3N5O4. The number of alkyl halides is 1. The van der Waals surface area contributed by atoms with Crippen LogP contribution in [-0.4, -0.2) is 87.6 Å². The van der Waals surface area contributed by atoms with Gasteiger partial charge in [-0.2, -0.15) is 0 Å². The molecule has 3 aromatic rings. The number of nitrogens with one attached hydrogen (secondary N) is 1. The van der Waals surface area contributed by atoms with E-state index in [4.69, 9.17) is 9.72 Å². The molecule has 0 saturated carbocycles. The van der Waals surface area contributed by atoms with E-state index in [1.807, 2.05) is 34.9 Å². The van der Waals surface area contributed by atoms with Crippen molar-refractivity contribution in [3.8, 4) is 11.3 Å². The molecule has 6 rings (SSSR count). The van der Waals surface area contributed by atoms with Gasteiger partial charge in [0.25, 0.3) is 5.91 Å². The van der Waals surface area contributed by atoms with Crippen LogP contribution in [0, 0.1) is 23.5 Å². The summed E-state index contributed by atoms with van der Waals surface area (Å²) in [6.07, 6.45) is -0.509. The quantitative estimate of drug-likeness (QED) is 0.421. The van der Waals surface area contributed by atoms with E-state index in [-0.39, 0.29) is 36.9 Å². The molecule has 1 aromatic heterocycles. The van der Waals surface area contributed by atoms with Crippen LogP contribution in [0.1, 0.15) is 37.2 Å². The van der Waals surface area contributed by atoms with E-state index in [1.165, 1.54) is 4.90 Å². The van der Waals surface area contributed by atoms with Crippen molar-refractivity contribution in [3.05, 3.63) is 77.8 Å². The number of ether oxygens (including phenoxy) is 1. The average Bonchev–Trinajstić information content (AvgIpc) is 3.61. The van der Waals surface area contributed by atoms with Crippen LogP contribution in [0.5, 0.6) is 0 Å². The van der Waals surface area contributed by atoms with Gasteiger partial charge in [0.1, 0.15) is 29.7 Å². The number of nitrogens with zero attached hydrogens (tertiary/aromatic N) is 4. The Morgan fingerprint density at radius 3 is 2.64 bits per heavy atom. The fraction of sp³-hybridized carbons (Fsp3) is 0.469. The Hall–Kier alpha value is -3.90. The van der Waals surface area contributed by atoms with Crippen molar-refractivity contribution in [2.24, 2.45) is 11.8 Å². The number of fused-ring (bicyclic) bond motifs is 1. The zero-order chi connectivity index (χ0) is 31.0. The molecule has 44 heavy (non-hydrogen) atoms. The van der Waals surface area contributed by atoms with Crippen molar-refractivity contribution < 1.29 is 32.6 Å². The number of aromatic nitrogens is 2. The Labute approximate surface area is 253 Å². The van der Waals surface area contributed by atoms with Crippen molar-refractivity contribution >= 4 is 12.0 Å². The maximum atomic E-state index is 15.1. The Balaban J connectivity index is 1.44. The molecular weight excluding hydrogens is 575 g/mol. The van der Waals surface area contributed by atoms with Gasteiger partial charge >= 0.3 is 6.09 Å². The summed E-state index contributed by atoms with van der Waals surface area (Å²) in [7, 11) is 0. The van der Waals surface area contributed by atoms with Gasteiger partial charge in [0.05, 0.1) is 18.3 Å². The van der Waals surface area contributed by atoms with Gasteiger partial charge in [-0.25, -0.2) is 22.9 Å². The minimum Gasteiger partial charge on any atom is -0.450 e. The number of aliphatic hydroxyl groups is 1. The number of amides is 2. The summed E-state index contributed by atoms with van der Waals surface area (Å²) < 4.78 is 51.3. The normalized spacial score (nSPS) is 24.8. The molecule has 4 heterocycles. The molecule has 5 atom stereocenters. The number of piperidine rings is 2. The molecule has 234 valence electrons. The third kappa shape index (κ3) is 5.80. The molecule has 3 aliphatic heterocycles. The van der Waals surface area contributed by atoms with Crippen molar-refractivity contribution in [2.75, 3.05) is 32.8 Å². The van der Waals surface area contributed by atoms with Crippen molar-refractivity contribution in [2.45, 2.75) is 50.7 Å². The molecule has 3 fully saturated rings. The van der Waals surface area contributed by atoms with E-state index in [1.54, 1.807) is 18.0 Å². The smallest absolute Gasteiger partial charge is 0.409 e. The van der Waals surface area contributed by atoms with Gasteiger partial charge < -0.3 is 29.5 Å². The van der Waals surface area contributed by atoms with Crippen LogP contribution >= 0.6 is 0 Å². The van der Waals surface area contributed by atoms with Crippen molar-refractivity contribution in [3.63, 3.8) is 0 Å². The highest BCUT2D eigenvalue weighted by molar-refractivity contribution is 5.83. The second kappa shape index (κ2) is 12.6. The number of imidazole rings is 1. The molecule has 2 N–H and O–H groups in total. The molecule has 0 bridgehead atoms. The van der Waals surface area contributed by atoms with Crippen LogP contribution in [0.15, 0.2) is 54.7 Å². The zero-order valence-electron chi connectivity index (χ0n) is 24.4. The lowest BCUT2D eigenvalue weighted by atomic mass is 9.83. The highest BCUT2D eigenvalue weighted by Gasteiger charge is 2.52. The summed E-state index contributed by atoms with van der Waals surface area (Å²) in [6, 6.07) is 11.3. The third-order valence-electron chi connectivity index (χ3n) is 9.08. The number of carbonyl (C=O) groups is 2. The lowest BCUT2D eigenvalue weighted by Crippen LogP contribution is -2.60. The van der Waals surface area contributed by atoms with E-state index >= 15 is 8.78 Å². The van der Waals surface area contributed by atoms with Gasteiger partial charge in [-0.3, -0.25) is 4.79 Å². The predicted octanol–water partition coefficient (Wildman–Crippen LogP) is 3.92. The van der Waals surface area contributed by atoms with E-state index in [9.17, 15) is 19.1 Å². The predicted molar refractivity (Wildman–Crippen MR) is 155 cm³/mol.